The third-order valence-corrected chi connectivity index (χ3v) is 3.53. The number of aryl methyl sites for hydroxylation is 1. The van der Waals surface area contributed by atoms with Gasteiger partial charge in [-0.25, -0.2) is 0 Å². The van der Waals surface area contributed by atoms with Crippen LogP contribution in [-0.4, -0.2) is 21.5 Å². The Kier molecular flexibility index (Phi) is 4.77. The number of amides is 1. The molecule has 2 rings (SSSR count). The lowest BCUT2D eigenvalue weighted by Gasteiger charge is -2.10. The number of carbonyl (C=O) groups excluding carboxylic acids is 2. The van der Waals surface area contributed by atoms with Gasteiger partial charge in [0, 0.05) is 6.92 Å². The smallest absolute Gasteiger partial charge is 0.316 e. The molecule has 0 aliphatic rings. The molecule has 128 valence electrons. The molecule has 5 nitrogen and oxygen atoms in total. The summed E-state index contributed by atoms with van der Waals surface area (Å²) >= 11 is 0. The average Bonchev–Trinajstić information content (AvgIpc) is 2.74. The number of ketones is 1. The van der Waals surface area contributed by atoms with Crippen LogP contribution in [-0.2, 0) is 22.3 Å². The minimum absolute atomic E-state index is 0.118. The van der Waals surface area contributed by atoms with Crippen LogP contribution in [0.15, 0.2) is 24.3 Å². The number of benzene rings is 1. The predicted molar refractivity (Wildman–Crippen MR) is 81.6 cm³/mol. The third kappa shape index (κ3) is 3.81. The number of hydrogen-bond donors (Lipinski definition) is 1. The Labute approximate surface area is 136 Å². The lowest BCUT2D eigenvalue weighted by atomic mass is 10.1. The number of anilines is 1. The van der Waals surface area contributed by atoms with Crippen molar-refractivity contribution in [1.82, 2.24) is 9.78 Å². The summed E-state index contributed by atoms with van der Waals surface area (Å²) in [6, 6.07) is 4.97. The van der Waals surface area contributed by atoms with Crippen LogP contribution >= 0.6 is 0 Å². The second kappa shape index (κ2) is 6.46. The molecule has 0 spiro atoms. The first kappa shape index (κ1) is 17.7. The van der Waals surface area contributed by atoms with Gasteiger partial charge in [0.2, 0.25) is 5.78 Å². The van der Waals surface area contributed by atoms with Crippen molar-refractivity contribution in [2.45, 2.75) is 33.5 Å². The van der Waals surface area contributed by atoms with Gasteiger partial charge in [0.25, 0.3) is 5.91 Å². The zero-order valence-electron chi connectivity index (χ0n) is 13.4. The molecular formula is C16H16F3N3O2. The summed E-state index contributed by atoms with van der Waals surface area (Å²) in [6.45, 7) is 4.58. The fourth-order valence-electron chi connectivity index (χ4n) is 2.25. The van der Waals surface area contributed by atoms with Gasteiger partial charge in [-0.05, 0) is 31.5 Å². The topological polar surface area (TPSA) is 64.0 Å². The van der Waals surface area contributed by atoms with E-state index >= 15 is 0 Å². The van der Waals surface area contributed by atoms with Crippen molar-refractivity contribution in [1.29, 1.82) is 0 Å². The zero-order chi connectivity index (χ0) is 18.1. The molecule has 0 bridgehead atoms. The molecular weight excluding hydrogens is 323 g/mol. The number of Topliss-reactive ketones (excluding diaryl/α,β-unsaturated/α-hetero) is 1. The van der Waals surface area contributed by atoms with Crippen LogP contribution in [0.5, 0.6) is 0 Å². The molecule has 1 aromatic heterocycles. The van der Waals surface area contributed by atoms with Gasteiger partial charge in [-0.2, -0.15) is 18.3 Å². The van der Waals surface area contributed by atoms with Crippen molar-refractivity contribution >= 4 is 17.4 Å². The molecule has 24 heavy (non-hydrogen) atoms. The largest absolute Gasteiger partial charge is 0.416 e. The molecule has 0 saturated carbocycles. The van der Waals surface area contributed by atoms with Crippen molar-refractivity contribution in [3.8, 4) is 0 Å². The van der Waals surface area contributed by atoms with Gasteiger partial charge in [0.15, 0.2) is 0 Å². The molecule has 0 unspecified atom stereocenters. The highest BCUT2D eigenvalue weighted by Crippen LogP contribution is 2.30. The second-order valence-corrected chi connectivity index (χ2v) is 5.41. The Morgan fingerprint density at radius 2 is 1.92 bits per heavy atom. The van der Waals surface area contributed by atoms with Crippen LogP contribution < -0.4 is 5.32 Å². The normalized spacial score (nSPS) is 11.4. The number of aromatic nitrogens is 2. The molecule has 0 saturated heterocycles. The molecule has 1 amide bonds. The first-order valence-corrected chi connectivity index (χ1v) is 7.11. The van der Waals surface area contributed by atoms with Crippen LogP contribution in [0, 0.1) is 13.8 Å². The summed E-state index contributed by atoms with van der Waals surface area (Å²) in [5.41, 5.74) is 1.13. The Morgan fingerprint density at radius 3 is 2.50 bits per heavy atom. The number of nitrogens with one attached hydrogen (secondary N) is 1. The fourth-order valence-corrected chi connectivity index (χ4v) is 2.25. The van der Waals surface area contributed by atoms with Crippen molar-refractivity contribution in [2.24, 2.45) is 0 Å². The Bertz CT molecular complexity index is 794. The van der Waals surface area contributed by atoms with Gasteiger partial charge < -0.3 is 5.32 Å². The summed E-state index contributed by atoms with van der Waals surface area (Å²) in [6.07, 6.45) is -4.41. The maximum atomic E-state index is 12.8. The minimum atomic E-state index is -4.41. The second-order valence-electron chi connectivity index (χ2n) is 5.41. The average molecular weight is 339 g/mol. The van der Waals surface area contributed by atoms with Gasteiger partial charge in [-0.15, -0.1) is 0 Å². The zero-order valence-corrected chi connectivity index (χ0v) is 13.4. The van der Waals surface area contributed by atoms with Crippen LogP contribution in [0.4, 0.5) is 18.9 Å². The van der Waals surface area contributed by atoms with Gasteiger partial charge in [-0.3, -0.25) is 14.3 Å². The van der Waals surface area contributed by atoms with E-state index in [1.54, 1.807) is 19.9 Å². The summed E-state index contributed by atoms with van der Waals surface area (Å²) in [5.74, 6) is -1.40. The standard InChI is InChI=1S/C16H16F3N3O2/c1-9-14(20-15(24)11(3)23)10(2)22(21-9)8-12-5-4-6-13(7-12)16(17,18)19/h4-7H,8H2,1-3H3,(H,20,24). The molecule has 1 heterocycles. The highest BCUT2D eigenvalue weighted by Gasteiger charge is 2.30. The maximum absolute atomic E-state index is 12.8. The maximum Gasteiger partial charge on any atom is 0.416 e. The molecule has 0 fully saturated rings. The highest BCUT2D eigenvalue weighted by molar-refractivity contribution is 6.39. The summed E-state index contributed by atoms with van der Waals surface area (Å²) in [5, 5.41) is 6.69. The van der Waals surface area contributed by atoms with Crippen molar-refractivity contribution in [2.75, 3.05) is 5.32 Å². The first-order valence-electron chi connectivity index (χ1n) is 7.11. The predicted octanol–water partition coefficient (Wildman–Crippen LogP) is 3.09. The molecule has 8 heteroatoms. The molecule has 1 aromatic carbocycles. The van der Waals surface area contributed by atoms with Gasteiger partial charge in [-0.1, -0.05) is 12.1 Å². The summed E-state index contributed by atoms with van der Waals surface area (Å²) in [7, 11) is 0. The number of rotatable bonds is 4. The molecule has 0 radical (unpaired) electrons. The van der Waals surface area contributed by atoms with Crippen LogP contribution in [0.25, 0.3) is 0 Å². The fraction of sp³-hybridized carbons (Fsp3) is 0.312. The van der Waals surface area contributed by atoms with Gasteiger partial charge >= 0.3 is 6.18 Å². The number of carbonyl (C=O) groups is 2. The highest BCUT2D eigenvalue weighted by atomic mass is 19.4. The lowest BCUT2D eigenvalue weighted by molar-refractivity contribution is -0.137. The van der Waals surface area contributed by atoms with E-state index in [1.165, 1.54) is 10.7 Å². The lowest BCUT2D eigenvalue weighted by Crippen LogP contribution is -2.20. The van der Waals surface area contributed by atoms with E-state index in [2.05, 4.69) is 10.4 Å². The molecule has 0 atom stereocenters. The van der Waals surface area contributed by atoms with Crippen molar-refractivity contribution in [3.05, 3.63) is 46.8 Å². The molecule has 0 aliphatic heterocycles. The SMILES string of the molecule is CC(=O)C(=O)Nc1c(C)nn(Cc2cccc(C(F)(F)F)c2)c1C. The first-order chi connectivity index (χ1) is 11.1. The Balaban J connectivity index is 2.29. The van der Waals surface area contributed by atoms with E-state index in [4.69, 9.17) is 0 Å². The van der Waals surface area contributed by atoms with Crippen molar-refractivity contribution < 1.29 is 22.8 Å². The van der Waals surface area contributed by atoms with Crippen LogP contribution in [0.1, 0.15) is 29.4 Å². The Hall–Kier alpha value is -2.64. The van der Waals surface area contributed by atoms with Gasteiger partial charge in [0.1, 0.15) is 0 Å². The van der Waals surface area contributed by atoms with Crippen LogP contribution in [0.2, 0.25) is 0 Å². The van der Waals surface area contributed by atoms with E-state index in [1.807, 2.05) is 0 Å². The monoisotopic (exact) mass is 339 g/mol. The van der Waals surface area contributed by atoms with Crippen LogP contribution in [0.3, 0.4) is 0 Å². The molecule has 2 aromatic rings. The van der Waals surface area contributed by atoms with Crippen molar-refractivity contribution in [3.63, 3.8) is 0 Å². The number of halogens is 3. The van der Waals surface area contributed by atoms with E-state index < -0.39 is 23.4 Å². The van der Waals surface area contributed by atoms with E-state index in [0.717, 1.165) is 19.1 Å². The molecule has 1 N–H and O–H groups in total. The molecule has 0 aliphatic carbocycles. The summed E-state index contributed by atoms with van der Waals surface area (Å²) < 4.78 is 39.8. The number of nitrogens with zero attached hydrogens (tertiary/aromatic N) is 2. The van der Waals surface area contributed by atoms with E-state index in [-0.39, 0.29) is 6.54 Å². The van der Waals surface area contributed by atoms with E-state index in [9.17, 15) is 22.8 Å². The van der Waals surface area contributed by atoms with Gasteiger partial charge in [0.05, 0.1) is 29.2 Å². The minimum Gasteiger partial charge on any atom is -0.316 e. The summed E-state index contributed by atoms with van der Waals surface area (Å²) in [4.78, 5) is 22.6. The quantitative estimate of drug-likeness (QED) is 0.871. The Morgan fingerprint density at radius 1 is 1.25 bits per heavy atom. The van der Waals surface area contributed by atoms with E-state index in [0.29, 0.717) is 22.6 Å². The number of hydrogen-bond acceptors (Lipinski definition) is 3. The number of alkyl halides is 3. The third-order valence-electron chi connectivity index (χ3n) is 3.53.